The molecule has 1 spiro atoms. The second kappa shape index (κ2) is 21.2. The minimum absolute atomic E-state index is 0.0143. The zero-order valence-corrected chi connectivity index (χ0v) is 42.2. The van der Waals surface area contributed by atoms with Crippen molar-refractivity contribution < 1.29 is 55.7 Å². The first kappa shape index (κ1) is 51.8. The maximum atomic E-state index is 15.6. The summed E-state index contributed by atoms with van der Waals surface area (Å²) in [4.78, 5) is 79.5. The van der Waals surface area contributed by atoms with Crippen LogP contribution in [0.2, 0.25) is 0 Å². The number of alkyl halides is 3. The van der Waals surface area contributed by atoms with Gasteiger partial charge < -0.3 is 43.5 Å². The third kappa shape index (κ3) is 10.8. The van der Waals surface area contributed by atoms with Crippen LogP contribution in [0.3, 0.4) is 0 Å². The number of hydrogen-bond donors (Lipinski definition) is 2. The van der Waals surface area contributed by atoms with Gasteiger partial charge in [-0.05, 0) is 142 Å². The van der Waals surface area contributed by atoms with E-state index in [0.29, 0.717) is 60.2 Å². The summed E-state index contributed by atoms with van der Waals surface area (Å²) < 4.78 is 77.6. The minimum atomic E-state index is -4.99. The summed E-state index contributed by atoms with van der Waals surface area (Å²) >= 11 is 0. The van der Waals surface area contributed by atoms with E-state index in [9.17, 15) is 37.1 Å². The number of halogens is 4. The number of aryl methyl sites for hydroxylation is 1. The van der Waals surface area contributed by atoms with Crippen molar-refractivity contribution >= 4 is 56.8 Å². The molecule has 0 aliphatic carbocycles. The number of ether oxygens (including phenoxy) is 4. The highest BCUT2D eigenvalue weighted by atomic mass is 19.4. The number of methoxy groups -OCH3 is 1. The summed E-state index contributed by atoms with van der Waals surface area (Å²) in [5.41, 5.74) is 3.69. The average molecular weight is 1050 g/mol. The normalized spacial score (nSPS) is 17.8. The van der Waals surface area contributed by atoms with Crippen molar-refractivity contribution in [3.8, 4) is 23.1 Å². The van der Waals surface area contributed by atoms with Crippen LogP contribution in [0, 0.1) is 18.2 Å². The van der Waals surface area contributed by atoms with Gasteiger partial charge in [0.2, 0.25) is 23.1 Å². The van der Waals surface area contributed by atoms with Crippen LogP contribution in [0.15, 0.2) is 77.9 Å². The Bertz CT molecular complexity index is 3330. The average Bonchev–Trinajstić information content (AvgIpc) is 3.73. The fourth-order valence-corrected chi connectivity index (χ4v) is 11.1. The van der Waals surface area contributed by atoms with E-state index in [-0.39, 0.29) is 57.7 Å². The maximum Gasteiger partial charge on any atom is 0.573 e. The van der Waals surface area contributed by atoms with Gasteiger partial charge in [-0.3, -0.25) is 29.3 Å². The number of nitrogens with one attached hydrogen (secondary N) is 2. The summed E-state index contributed by atoms with van der Waals surface area (Å²) in [7, 11) is 3.10. The van der Waals surface area contributed by atoms with Gasteiger partial charge in [0.05, 0.1) is 35.5 Å². The lowest BCUT2D eigenvalue weighted by atomic mass is 9.71. The first-order valence-corrected chi connectivity index (χ1v) is 25.3. The Labute approximate surface area is 434 Å². The summed E-state index contributed by atoms with van der Waals surface area (Å²) in [5, 5.41) is 5.16. The molecule has 1 atom stereocenters. The number of likely N-dealkylation sites (tertiary alicyclic amines) is 1. The molecule has 0 radical (unpaired) electrons. The van der Waals surface area contributed by atoms with E-state index in [2.05, 4.69) is 41.2 Å². The van der Waals surface area contributed by atoms with Gasteiger partial charge >= 0.3 is 6.36 Å². The highest BCUT2D eigenvalue weighted by Gasteiger charge is 2.41. The predicted octanol–water partition coefficient (Wildman–Crippen LogP) is 7.97. The number of rotatable bonds is 15. The van der Waals surface area contributed by atoms with Crippen molar-refractivity contribution in [3.05, 3.63) is 117 Å². The second-order valence-corrected chi connectivity index (χ2v) is 19.9. The lowest BCUT2D eigenvalue weighted by Crippen LogP contribution is -2.52. The summed E-state index contributed by atoms with van der Waals surface area (Å²) in [5.74, 6) is -2.85. The number of carbonyl (C=O) groups is 4. The highest BCUT2D eigenvalue weighted by molar-refractivity contribution is 6.07. The van der Waals surface area contributed by atoms with E-state index in [1.54, 1.807) is 25.1 Å². The van der Waals surface area contributed by atoms with Gasteiger partial charge in [-0.25, -0.2) is 14.4 Å². The molecular weight excluding hydrogens is 993 g/mol. The Hall–Kier alpha value is -7.65. The number of piperidine rings is 3. The molecule has 4 aliphatic heterocycles. The largest absolute Gasteiger partial charge is 0.573 e. The van der Waals surface area contributed by atoms with Gasteiger partial charge in [0, 0.05) is 75.0 Å². The number of nitrogens with zero attached hydrogens (tertiary/aromatic N) is 6. The number of imide groups is 1. The minimum Gasteiger partial charge on any atom is -0.496 e. The van der Waals surface area contributed by atoms with Gasteiger partial charge in [0.1, 0.15) is 29.4 Å². The van der Waals surface area contributed by atoms with Crippen LogP contribution in [0.1, 0.15) is 82.5 Å². The Morgan fingerprint density at radius 2 is 1.67 bits per heavy atom. The van der Waals surface area contributed by atoms with Gasteiger partial charge in [0.15, 0.2) is 11.6 Å². The molecular formula is C55H56F4N8O9. The predicted molar refractivity (Wildman–Crippen MR) is 272 cm³/mol. The van der Waals surface area contributed by atoms with Crippen LogP contribution in [-0.2, 0) is 34.3 Å². The molecule has 4 aromatic carbocycles. The summed E-state index contributed by atoms with van der Waals surface area (Å²) in [6.07, 6.45) is 2.86. The second-order valence-electron chi connectivity index (χ2n) is 19.9. The molecule has 3 saturated heterocycles. The monoisotopic (exact) mass is 1050 g/mol. The molecule has 398 valence electrons. The van der Waals surface area contributed by atoms with E-state index in [0.717, 1.165) is 99.8 Å². The van der Waals surface area contributed by atoms with Crippen LogP contribution >= 0.6 is 0 Å². The molecule has 21 heteroatoms. The molecule has 2 aromatic heterocycles. The molecule has 1 unspecified atom stereocenters. The van der Waals surface area contributed by atoms with Crippen LogP contribution in [-0.4, -0.2) is 113 Å². The molecule has 4 aliphatic rings. The SMILES string of the molecule is COc1cc2c(Oc3ccc(NC(=O)c4c(C)n(C)c5ccc(OC(F)(F)F)cc5c4=O)cc3F)ncnc2cc1CCOCCCN1CCC2(CC1)CCN(c1ccc3c(c1)CN(C1CCC(=O)NC1=O)C3=O)CC2. The third-order valence-electron chi connectivity index (χ3n) is 15.4. The Kier molecular flexibility index (Phi) is 14.4. The van der Waals surface area contributed by atoms with Crippen molar-refractivity contribution in [3.63, 3.8) is 0 Å². The first-order valence-electron chi connectivity index (χ1n) is 25.3. The van der Waals surface area contributed by atoms with Crippen molar-refractivity contribution in [2.75, 3.05) is 63.3 Å². The van der Waals surface area contributed by atoms with Gasteiger partial charge in [-0.2, -0.15) is 0 Å². The highest BCUT2D eigenvalue weighted by Crippen LogP contribution is 2.43. The fourth-order valence-electron chi connectivity index (χ4n) is 11.1. The van der Waals surface area contributed by atoms with Gasteiger partial charge in [0.25, 0.3) is 11.8 Å². The molecule has 10 rings (SSSR count). The van der Waals surface area contributed by atoms with Crippen molar-refractivity contribution in [2.24, 2.45) is 12.5 Å². The van der Waals surface area contributed by atoms with Crippen LogP contribution < -0.4 is 35.2 Å². The molecule has 0 saturated carbocycles. The Morgan fingerprint density at radius 3 is 2.41 bits per heavy atom. The summed E-state index contributed by atoms with van der Waals surface area (Å²) in [6, 6.07) is 15.9. The molecule has 76 heavy (non-hydrogen) atoms. The number of benzene rings is 4. The molecule has 3 fully saturated rings. The molecule has 6 heterocycles. The van der Waals surface area contributed by atoms with E-state index in [4.69, 9.17) is 14.2 Å². The third-order valence-corrected chi connectivity index (χ3v) is 15.4. The number of carbonyl (C=O) groups excluding carboxylic acids is 4. The van der Waals surface area contributed by atoms with E-state index in [1.165, 1.54) is 36.0 Å². The lowest BCUT2D eigenvalue weighted by Gasteiger charge is -2.47. The number of aromatic nitrogens is 3. The standard InChI is InChI=1S/C55H56F4N8O9/c1-32-48(49(69)40-28-37(76-55(57,58)59)7-9-43(40)64(32)2)51(71)62-35-5-11-45(41(56)27-35)75-52-39-29-46(73-3)33(26-42(39)60-31-61-52)13-24-74-23-4-18-65-19-14-54(15-20-65)16-21-66(22-17-54)36-6-8-38-34(25-36)30-67(53(38)72)44-10-12-47(68)63-50(44)70/h5-9,11,25-29,31,44H,4,10,12-24,30H2,1-3H3,(H,62,71)(H,63,68,70). The van der Waals surface area contributed by atoms with E-state index < -0.39 is 41.2 Å². The van der Waals surface area contributed by atoms with E-state index >= 15 is 4.39 Å². The van der Waals surface area contributed by atoms with Gasteiger partial charge in [-0.15, -0.1) is 13.2 Å². The smallest absolute Gasteiger partial charge is 0.496 e. The first-order chi connectivity index (χ1) is 36.5. The number of fused-ring (bicyclic) bond motifs is 3. The molecule has 4 amide bonds. The van der Waals surface area contributed by atoms with Crippen molar-refractivity contribution in [1.29, 1.82) is 0 Å². The number of hydrogen-bond acceptors (Lipinski definition) is 13. The summed E-state index contributed by atoms with van der Waals surface area (Å²) in [6.45, 7) is 7.89. The molecule has 0 bridgehead atoms. The van der Waals surface area contributed by atoms with Crippen LogP contribution in [0.5, 0.6) is 23.1 Å². The zero-order chi connectivity index (χ0) is 53.5. The van der Waals surface area contributed by atoms with Crippen molar-refractivity contribution in [1.82, 2.24) is 29.7 Å². The quantitative estimate of drug-likeness (QED) is 0.0574. The Balaban J connectivity index is 0.677. The number of amides is 4. The van der Waals surface area contributed by atoms with Crippen LogP contribution in [0.4, 0.5) is 28.9 Å². The number of pyridine rings is 1. The zero-order valence-electron chi connectivity index (χ0n) is 42.2. The number of anilines is 2. The molecule has 2 N–H and O–H groups in total. The Morgan fingerprint density at radius 1 is 0.895 bits per heavy atom. The van der Waals surface area contributed by atoms with Gasteiger partial charge in [-0.1, -0.05) is 0 Å². The van der Waals surface area contributed by atoms with Crippen molar-refractivity contribution in [2.45, 2.75) is 77.2 Å². The molecule has 6 aromatic rings. The maximum absolute atomic E-state index is 15.6. The van der Waals surface area contributed by atoms with Crippen LogP contribution in [0.25, 0.3) is 21.8 Å². The fraction of sp³-hybridized carbons (Fsp3) is 0.400. The lowest BCUT2D eigenvalue weighted by molar-refractivity contribution is -0.274. The molecule has 17 nitrogen and oxygen atoms in total. The topological polar surface area (TPSA) is 187 Å². The van der Waals surface area contributed by atoms with E-state index in [1.807, 2.05) is 18.2 Å².